The van der Waals surface area contributed by atoms with Crippen molar-refractivity contribution in [3.8, 4) is 0 Å². The minimum atomic E-state index is -4.17. The summed E-state index contributed by atoms with van der Waals surface area (Å²) in [6.45, 7) is -9.13. The molecule has 0 radical (unpaired) electrons. The van der Waals surface area contributed by atoms with Crippen LogP contribution >= 0.6 is 13.4 Å². The lowest BCUT2D eigenvalue weighted by Crippen LogP contribution is -2.32. The quantitative estimate of drug-likeness (QED) is 0.209. The first-order valence-electron chi connectivity index (χ1n) is 12.6. The number of aromatic amines is 1. The van der Waals surface area contributed by atoms with Gasteiger partial charge in [-0.1, -0.05) is 0 Å². The van der Waals surface area contributed by atoms with Crippen molar-refractivity contribution in [1.82, 2.24) is 39.0 Å². The lowest BCUT2D eigenvalue weighted by Gasteiger charge is -2.27. The van der Waals surface area contributed by atoms with Gasteiger partial charge < -0.3 is 43.5 Å². The van der Waals surface area contributed by atoms with E-state index in [0.29, 0.717) is 11.2 Å². The molecule has 3 unspecified atom stereocenters. The molecule has 3 aliphatic heterocycles. The van der Waals surface area contributed by atoms with Gasteiger partial charge in [-0.3, -0.25) is 18.5 Å². The molecule has 230 valence electrons. The number of nitrogens with zero attached hydrogens (tertiary/aromatic N) is 7. The molecule has 9 atom stereocenters. The molecule has 5 N–H and O–H groups in total. The zero-order valence-electron chi connectivity index (χ0n) is 21.5. The molecule has 23 heteroatoms. The number of fused-ring (bicyclic) bond motifs is 5. The number of nitrogens with two attached hydrogens (primary N) is 1. The first-order chi connectivity index (χ1) is 20.5. The van der Waals surface area contributed by atoms with E-state index in [1.165, 1.54) is 23.5 Å². The van der Waals surface area contributed by atoms with Crippen LogP contribution in [0, 0.1) is 0 Å². The number of aromatic nitrogens is 8. The summed E-state index contributed by atoms with van der Waals surface area (Å²) in [5.41, 5.74) is 6.14. The lowest BCUT2D eigenvalue weighted by atomic mass is 10.1. The molecular weight excluding hydrogens is 655 g/mol. The van der Waals surface area contributed by atoms with Crippen LogP contribution in [-0.4, -0.2) is 92.6 Å². The molecule has 3 saturated heterocycles. The topological polar surface area (TPSA) is 229 Å². The van der Waals surface area contributed by atoms with Crippen molar-refractivity contribution in [3.05, 3.63) is 35.7 Å². The van der Waals surface area contributed by atoms with E-state index in [4.69, 9.17) is 56.9 Å². The number of hydrogen-bond donors (Lipinski definition) is 4. The molecule has 0 amide bonds. The Balaban J connectivity index is 1.18. The molecule has 43 heavy (non-hydrogen) atoms. The number of alkyl halides is 1. The van der Waals surface area contributed by atoms with Crippen molar-refractivity contribution in [2.75, 3.05) is 18.9 Å². The molecule has 7 heterocycles. The molecule has 0 saturated carbocycles. The molecule has 3 fully saturated rings. The Bertz CT molecular complexity index is 1860. The first-order valence-corrected chi connectivity index (χ1v) is 17.8. The molecule has 0 spiro atoms. The summed E-state index contributed by atoms with van der Waals surface area (Å²) in [4.78, 5) is 57.0. The van der Waals surface area contributed by atoms with Crippen LogP contribution < -0.4 is 11.3 Å². The van der Waals surface area contributed by atoms with Gasteiger partial charge in [-0.25, -0.2) is 29.3 Å². The Labute approximate surface area is 249 Å². The molecule has 0 aliphatic carbocycles. The number of anilines is 1. The van der Waals surface area contributed by atoms with Gasteiger partial charge in [0.05, 0.1) is 38.3 Å². The Morgan fingerprint density at radius 3 is 2.44 bits per heavy atom. The van der Waals surface area contributed by atoms with Crippen LogP contribution in [0.3, 0.4) is 0 Å². The third kappa shape index (κ3) is 5.43. The van der Waals surface area contributed by atoms with Crippen molar-refractivity contribution in [2.45, 2.75) is 49.5 Å². The smallest absolute Gasteiger partial charge is 0.325 e. The van der Waals surface area contributed by atoms with Crippen LogP contribution in [0.4, 0.5) is 10.2 Å². The maximum atomic E-state index is 15.8. The van der Waals surface area contributed by atoms with Crippen molar-refractivity contribution < 1.29 is 41.7 Å². The van der Waals surface area contributed by atoms with Gasteiger partial charge in [0.2, 0.25) is 0 Å². The third-order valence-electron chi connectivity index (χ3n) is 7.11. The van der Waals surface area contributed by atoms with E-state index in [-0.39, 0.29) is 23.4 Å². The summed E-state index contributed by atoms with van der Waals surface area (Å²) in [6, 6.07) is 0. The van der Waals surface area contributed by atoms with Gasteiger partial charge in [-0.05, 0) is 23.6 Å². The standard InChI is InChI=1S/C20H22FN9O9P2S2/c21-12-10-3-35-40(32,42)38-8-1-11(29-6-27-13-16(22)23-4-24-17(13)29)36-9(8)2-34-41(33,43)39-15(12)20(37-10)30-7-28-14-18(30)25-5-26-19(14)31/h4-12,15,20H,1-3H2,(H,32,42)(H,33,43)(H2,22,23,24)(H,25,26,31)/t8-,9+,10?,11+,12+,15+,20+,40?,41?/m0/s1. The van der Waals surface area contributed by atoms with Gasteiger partial charge >= 0.3 is 13.4 Å². The maximum absolute atomic E-state index is 15.8. The van der Waals surface area contributed by atoms with Crippen LogP contribution in [0.25, 0.3) is 22.3 Å². The number of imidazole rings is 2. The largest absolute Gasteiger partial charge is 0.382 e. The van der Waals surface area contributed by atoms with E-state index < -0.39 is 75.3 Å². The van der Waals surface area contributed by atoms with Crippen molar-refractivity contribution in [3.63, 3.8) is 0 Å². The summed E-state index contributed by atoms with van der Waals surface area (Å²) in [7, 11) is 0. The Morgan fingerprint density at radius 2 is 1.63 bits per heavy atom. The van der Waals surface area contributed by atoms with Gasteiger partial charge in [-0.2, -0.15) is 0 Å². The molecule has 18 nitrogen and oxygen atoms in total. The second-order valence-corrected chi connectivity index (χ2v) is 15.3. The summed E-state index contributed by atoms with van der Waals surface area (Å²) in [5.74, 6) is 0.175. The average molecular weight is 678 g/mol. The predicted molar refractivity (Wildman–Crippen MR) is 150 cm³/mol. The second kappa shape index (κ2) is 10.9. The number of halogens is 1. The summed E-state index contributed by atoms with van der Waals surface area (Å²) in [6.07, 6.45) is -3.57. The number of nitrogen functional groups attached to an aromatic ring is 1. The normalized spacial score (nSPS) is 37.1. The van der Waals surface area contributed by atoms with E-state index in [1.807, 2.05) is 0 Å². The molecule has 7 rings (SSSR count). The lowest BCUT2D eigenvalue weighted by molar-refractivity contribution is -0.0597. The summed E-state index contributed by atoms with van der Waals surface area (Å²) in [5, 5.41) is 0. The SMILES string of the molecule is Nc1ncnc2c1ncn2[C@H]1C[C@@H]2OP(O)(=S)OCC3O[C@@H](n4cnc5c(=O)[nH]cnc54)[C@H](OP(O)(=S)OC[C@H]2O1)[C@@H]3F. The highest BCUT2D eigenvalue weighted by molar-refractivity contribution is 8.07. The van der Waals surface area contributed by atoms with Crippen LogP contribution in [0.1, 0.15) is 18.9 Å². The van der Waals surface area contributed by atoms with Gasteiger partial charge in [0.15, 0.2) is 35.0 Å². The number of H-pyrrole nitrogens is 1. The van der Waals surface area contributed by atoms with E-state index >= 15 is 4.39 Å². The molecule has 3 aliphatic rings. The fraction of sp³-hybridized carbons (Fsp3) is 0.500. The van der Waals surface area contributed by atoms with Gasteiger partial charge in [-0.15, -0.1) is 0 Å². The summed E-state index contributed by atoms with van der Waals surface area (Å²) < 4.78 is 53.2. The molecule has 2 bridgehead atoms. The highest BCUT2D eigenvalue weighted by Crippen LogP contribution is 2.54. The average Bonchev–Trinajstić information content (AvgIpc) is 3.72. The zero-order valence-corrected chi connectivity index (χ0v) is 24.9. The van der Waals surface area contributed by atoms with E-state index in [0.717, 1.165) is 6.33 Å². The minimum absolute atomic E-state index is 0.0351. The fourth-order valence-corrected chi connectivity index (χ4v) is 8.03. The van der Waals surface area contributed by atoms with Gasteiger partial charge in [0, 0.05) is 6.42 Å². The highest BCUT2D eigenvalue weighted by Gasteiger charge is 2.51. The van der Waals surface area contributed by atoms with Crippen molar-refractivity contribution >= 4 is 65.2 Å². The number of nitrogens with one attached hydrogen (secondary N) is 1. The fourth-order valence-electron chi connectivity index (χ4n) is 5.15. The van der Waals surface area contributed by atoms with Crippen LogP contribution in [0.5, 0.6) is 0 Å². The number of ether oxygens (including phenoxy) is 2. The second-order valence-electron chi connectivity index (χ2n) is 9.76. The third-order valence-corrected chi connectivity index (χ3v) is 10.3. The molecule has 0 aromatic carbocycles. The van der Waals surface area contributed by atoms with Gasteiger partial charge in [0.25, 0.3) is 5.56 Å². The van der Waals surface area contributed by atoms with E-state index in [9.17, 15) is 14.6 Å². The Hall–Kier alpha value is -2.39. The highest BCUT2D eigenvalue weighted by atomic mass is 32.5. The Kier molecular flexibility index (Phi) is 7.43. The van der Waals surface area contributed by atoms with E-state index in [1.54, 1.807) is 4.57 Å². The minimum Gasteiger partial charge on any atom is -0.382 e. The molecular formula is C20H22FN9O9P2S2. The number of rotatable bonds is 2. The zero-order chi connectivity index (χ0) is 30.1. The van der Waals surface area contributed by atoms with Crippen molar-refractivity contribution in [2.24, 2.45) is 0 Å². The van der Waals surface area contributed by atoms with E-state index in [2.05, 4.69) is 29.9 Å². The molecule has 4 aromatic rings. The van der Waals surface area contributed by atoms with Gasteiger partial charge in [0.1, 0.15) is 36.4 Å². The number of hydrogen-bond acceptors (Lipinski definition) is 15. The van der Waals surface area contributed by atoms with Crippen LogP contribution in [0.15, 0.2) is 30.1 Å². The summed E-state index contributed by atoms with van der Waals surface area (Å²) >= 11 is 10.5. The Morgan fingerprint density at radius 1 is 0.930 bits per heavy atom. The van der Waals surface area contributed by atoms with Crippen LogP contribution in [0.2, 0.25) is 0 Å². The van der Waals surface area contributed by atoms with Crippen LogP contribution in [-0.2, 0) is 51.2 Å². The maximum Gasteiger partial charge on any atom is 0.325 e. The first kappa shape index (κ1) is 29.3. The predicted octanol–water partition coefficient (Wildman–Crippen LogP) is 0.315. The van der Waals surface area contributed by atoms with Crippen molar-refractivity contribution in [1.29, 1.82) is 0 Å². The molecule has 4 aromatic heterocycles. The monoisotopic (exact) mass is 677 g/mol.